The molecule has 1 saturated heterocycles. The second kappa shape index (κ2) is 8.10. The van der Waals surface area contributed by atoms with Crippen LogP contribution in [0.3, 0.4) is 0 Å². The summed E-state index contributed by atoms with van der Waals surface area (Å²) in [6.07, 6.45) is 1.26. The van der Waals surface area contributed by atoms with Crippen molar-refractivity contribution in [1.29, 1.82) is 0 Å². The van der Waals surface area contributed by atoms with Crippen LogP contribution in [0.4, 0.5) is 14.5 Å². The smallest absolute Gasteiger partial charge is 0.293 e. The van der Waals surface area contributed by atoms with Gasteiger partial charge in [0.15, 0.2) is 0 Å². The molecule has 7 heteroatoms. The zero-order chi connectivity index (χ0) is 25.2. The first-order valence-electron chi connectivity index (χ1n) is 12.5. The number of hydrogen-bond donors (Lipinski definition) is 1. The molecule has 2 heterocycles. The fourth-order valence-electron chi connectivity index (χ4n) is 6.63. The number of halogens is 2. The van der Waals surface area contributed by atoms with Gasteiger partial charge >= 0.3 is 0 Å². The molecule has 0 spiro atoms. The highest BCUT2D eigenvalue weighted by Crippen LogP contribution is 2.55. The third-order valence-corrected chi connectivity index (χ3v) is 8.41. The summed E-state index contributed by atoms with van der Waals surface area (Å²) in [6.45, 7) is 2.76. The highest BCUT2D eigenvalue weighted by molar-refractivity contribution is 6.10. The maximum atomic E-state index is 15.7. The fraction of sp³-hybridized carbons (Fsp3) is 0.379. The lowest BCUT2D eigenvalue weighted by Gasteiger charge is -2.41. The van der Waals surface area contributed by atoms with Gasteiger partial charge in [-0.25, -0.2) is 0 Å². The van der Waals surface area contributed by atoms with Crippen LogP contribution in [0.2, 0.25) is 0 Å². The number of nitrogens with one attached hydrogen (secondary N) is 1. The molecule has 3 aliphatic rings. The van der Waals surface area contributed by atoms with E-state index in [0.717, 1.165) is 16.6 Å². The van der Waals surface area contributed by atoms with Crippen molar-refractivity contribution in [1.82, 2.24) is 10.2 Å². The number of anilines is 1. The molecule has 36 heavy (non-hydrogen) atoms. The Labute approximate surface area is 209 Å². The second-order valence-corrected chi connectivity index (χ2v) is 10.4. The van der Waals surface area contributed by atoms with Crippen molar-refractivity contribution in [3.63, 3.8) is 0 Å². The number of carbonyl (C=O) groups is 2. The predicted molar refractivity (Wildman–Crippen MR) is 135 cm³/mol. The van der Waals surface area contributed by atoms with Crippen LogP contribution in [-0.4, -0.2) is 42.9 Å². The van der Waals surface area contributed by atoms with Crippen molar-refractivity contribution in [2.45, 2.75) is 49.6 Å². The maximum Gasteiger partial charge on any atom is 0.293 e. The van der Waals surface area contributed by atoms with Gasteiger partial charge in [-0.05, 0) is 47.7 Å². The maximum absolute atomic E-state index is 15.7. The van der Waals surface area contributed by atoms with E-state index in [1.54, 1.807) is 19.2 Å². The zero-order valence-corrected chi connectivity index (χ0v) is 20.4. The number of likely N-dealkylation sites (tertiary alicyclic amines) is 1. The Morgan fingerprint density at radius 1 is 1.00 bits per heavy atom. The van der Waals surface area contributed by atoms with Crippen molar-refractivity contribution in [3.05, 3.63) is 77.4 Å². The van der Waals surface area contributed by atoms with Crippen molar-refractivity contribution >= 4 is 28.3 Å². The Kier molecular flexibility index (Phi) is 5.20. The van der Waals surface area contributed by atoms with Crippen LogP contribution in [0.25, 0.3) is 10.8 Å². The third kappa shape index (κ3) is 3.15. The predicted octanol–water partition coefficient (Wildman–Crippen LogP) is 4.89. The number of piperidine rings is 1. The summed E-state index contributed by atoms with van der Waals surface area (Å²) >= 11 is 0. The largest absolute Gasteiger partial charge is 0.359 e. The van der Waals surface area contributed by atoms with Gasteiger partial charge in [0.1, 0.15) is 6.04 Å². The number of rotatable bonds is 4. The van der Waals surface area contributed by atoms with Crippen LogP contribution in [0, 0.1) is 0 Å². The van der Waals surface area contributed by atoms with E-state index >= 15 is 8.78 Å². The van der Waals surface area contributed by atoms with Gasteiger partial charge < -0.3 is 10.2 Å². The Balaban J connectivity index is 1.27. The number of nitrogens with zero attached hydrogens (tertiary/aromatic N) is 2. The molecule has 5 nitrogen and oxygen atoms in total. The lowest BCUT2D eigenvalue weighted by Crippen LogP contribution is -2.51. The molecule has 0 saturated carbocycles. The number of benzene rings is 3. The minimum atomic E-state index is -2.97. The van der Waals surface area contributed by atoms with Crippen molar-refractivity contribution in [2.24, 2.45) is 0 Å². The molecule has 0 aromatic heterocycles. The average molecular weight is 490 g/mol. The van der Waals surface area contributed by atoms with Gasteiger partial charge in [-0.1, -0.05) is 54.6 Å². The Bertz CT molecular complexity index is 1380. The van der Waals surface area contributed by atoms with Crippen LogP contribution >= 0.6 is 0 Å². The number of alkyl halides is 2. The van der Waals surface area contributed by atoms with E-state index in [0.29, 0.717) is 36.9 Å². The molecule has 3 aromatic rings. The minimum Gasteiger partial charge on any atom is -0.359 e. The number of fused-ring (bicyclic) bond motifs is 1. The van der Waals surface area contributed by atoms with Crippen molar-refractivity contribution in [2.75, 3.05) is 25.0 Å². The van der Waals surface area contributed by atoms with Gasteiger partial charge in [-0.15, -0.1) is 0 Å². The molecule has 6 rings (SSSR count). The monoisotopic (exact) mass is 489 g/mol. The van der Waals surface area contributed by atoms with E-state index in [1.807, 2.05) is 65.3 Å². The van der Waals surface area contributed by atoms with E-state index in [2.05, 4.69) is 5.32 Å². The molecule has 2 aliphatic heterocycles. The van der Waals surface area contributed by atoms with Gasteiger partial charge in [-0.2, -0.15) is 8.78 Å². The van der Waals surface area contributed by atoms with E-state index in [4.69, 9.17) is 0 Å². The topological polar surface area (TPSA) is 52.7 Å². The lowest BCUT2D eigenvalue weighted by atomic mass is 9.80. The summed E-state index contributed by atoms with van der Waals surface area (Å²) in [5.41, 5.74) is 1.54. The molecule has 1 unspecified atom stereocenters. The second-order valence-electron chi connectivity index (χ2n) is 10.4. The van der Waals surface area contributed by atoms with Crippen LogP contribution in [0.5, 0.6) is 0 Å². The average Bonchev–Trinajstić information content (AvgIpc) is 3.25. The lowest BCUT2D eigenvalue weighted by molar-refractivity contribution is -0.129. The van der Waals surface area contributed by atoms with Gasteiger partial charge in [0.25, 0.3) is 5.92 Å². The molecule has 3 aromatic carbocycles. The SMILES string of the molecule is CNC(=O)CC1(C)C(=O)N(C2CCN([C@H]3c4cccc5cccc(c45)C3(F)F)CC2)c2ccccc21. The summed E-state index contributed by atoms with van der Waals surface area (Å²) < 4.78 is 31.5. The zero-order valence-electron chi connectivity index (χ0n) is 20.4. The minimum absolute atomic E-state index is 0.0747. The van der Waals surface area contributed by atoms with E-state index in [1.165, 1.54) is 0 Å². The molecule has 186 valence electrons. The van der Waals surface area contributed by atoms with Gasteiger partial charge in [-0.3, -0.25) is 14.5 Å². The first-order valence-corrected chi connectivity index (χ1v) is 12.5. The first kappa shape index (κ1) is 23.1. The summed E-state index contributed by atoms with van der Waals surface area (Å²) in [5.74, 6) is -3.25. The molecule has 1 fully saturated rings. The molecular weight excluding hydrogens is 460 g/mol. The highest BCUT2D eigenvalue weighted by Gasteiger charge is 2.54. The van der Waals surface area contributed by atoms with Crippen LogP contribution in [0.15, 0.2) is 60.7 Å². The first-order chi connectivity index (χ1) is 17.3. The molecule has 2 atom stereocenters. The van der Waals surface area contributed by atoms with Crippen LogP contribution in [-0.2, 0) is 20.9 Å². The molecule has 0 radical (unpaired) electrons. The third-order valence-electron chi connectivity index (χ3n) is 8.41. The Hall–Kier alpha value is -3.32. The standard InChI is InChI=1S/C29H29F2N3O2/c1-28(17-24(35)32-2)21-10-3-4-12-23(21)34(27(28)36)19-13-15-33(16-14-19)26-20-9-5-7-18-8-6-11-22(25(18)20)29(26,30)31/h3-12,19,26H,13-17H2,1-2H3,(H,32,35)/t26-,28?/m0/s1. The Morgan fingerprint density at radius 3 is 2.39 bits per heavy atom. The van der Waals surface area contributed by atoms with Gasteiger partial charge in [0.2, 0.25) is 11.8 Å². The van der Waals surface area contributed by atoms with Gasteiger partial charge in [0.05, 0.1) is 5.41 Å². The summed E-state index contributed by atoms with van der Waals surface area (Å²) in [6, 6.07) is 17.2. The summed E-state index contributed by atoms with van der Waals surface area (Å²) in [7, 11) is 1.57. The quantitative estimate of drug-likeness (QED) is 0.568. The van der Waals surface area contributed by atoms with E-state index in [-0.39, 0.29) is 29.8 Å². The summed E-state index contributed by atoms with van der Waals surface area (Å²) in [4.78, 5) is 29.8. The number of carbonyl (C=O) groups excluding carboxylic acids is 2. The van der Waals surface area contributed by atoms with Crippen LogP contribution < -0.4 is 10.2 Å². The molecule has 2 amide bonds. The van der Waals surface area contributed by atoms with Gasteiger partial charge in [0, 0.05) is 43.9 Å². The number of para-hydroxylation sites is 1. The molecule has 0 bridgehead atoms. The fourth-order valence-corrected chi connectivity index (χ4v) is 6.63. The normalized spacial score (nSPS) is 25.4. The number of hydrogen-bond acceptors (Lipinski definition) is 3. The van der Waals surface area contributed by atoms with Crippen molar-refractivity contribution in [3.8, 4) is 0 Å². The highest BCUT2D eigenvalue weighted by atomic mass is 19.3. The van der Waals surface area contributed by atoms with E-state index < -0.39 is 17.4 Å². The molecule has 1 N–H and O–H groups in total. The summed E-state index contributed by atoms with van der Waals surface area (Å²) in [5, 5.41) is 4.15. The Morgan fingerprint density at radius 2 is 1.67 bits per heavy atom. The van der Waals surface area contributed by atoms with Crippen LogP contribution in [0.1, 0.15) is 48.9 Å². The molecule has 1 aliphatic carbocycles. The number of amides is 2. The van der Waals surface area contributed by atoms with E-state index in [9.17, 15) is 9.59 Å². The van der Waals surface area contributed by atoms with Crippen molar-refractivity contribution < 1.29 is 18.4 Å². The molecular formula is C29H29F2N3O2.